The Morgan fingerprint density at radius 2 is 1.93 bits per heavy atom. The zero-order valence-electron chi connectivity index (χ0n) is 18.0. The van der Waals surface area contributed by atoms with Gasteiger partial charge in [-0.3, -0.25) is 14.6 Å². The average Bonchev–Trinajstić information content (AvgIpc) is 3.42. The molecule has 1 atom stereocenters. The highest BCUT2D eigenvalue weighted by atomic mass is 16.5. The zero-order chi connectivity index (χ0) is 20.5. The summed E-state index contributed by atoms with van der Waals surface area (Å²) >= 11 is 0. The third-order valence-electron chi connectivity index (χ3n) is 6.64. The molecule has 0 amide bonds. The first-order valence-corrected chi connectivity index (χ1v) is 11.1. The van der Waals surface area contributed by atoms with E-state index in [-0.39, 0.29) is 0 Å². The van der Waals surface area contributed by atoms with Crippen molar-refractivity contribution in [1.29, 1.82) is 0 Å². The Hall–Kier alpha value is -2.66. The molecular formula is C25H30N4O. The van der Waals surface area contributed by atoms with Gasteiger partial charge in [0.05, 0.1) is 13.3 Å². The second kappa shape index (κ2) is 8.23. The smallest absolute Gasteiger partial charge is 0.123 e. The Morgan fingerprint density at radius 1 is 1.07 bits per heavy atom. The van der Waals surface area contributed by atoms with Crippen LogP contribution in [0, 0.1) is 0 Å². The van der Waals surface area contributed by atoms with Gasteiger partial charge in [-0.1, -0.05) is 12.1 Å². The monoisotopic (exact) mass is 402 g/mol. The van der Waals surface area contributed by atoms with Crippen LogP contribution in [0.5, 0.6) is 5.75 Å². The van der Waals surface area contributed by atoms with Gasteiger partial charge in [0.2, 0.25) is 0 Å². The maximum Gasteiger partial charge on any atom is 0.123 e. The van der Waals surface area contributed by atoms with Gasteiger partial charge in [0, 0.05) is 60.8 Å². The summed E-state index contributed by atoms with van der Waals surface area (Å²) in [7, 11) is 3.74. The van der Waals surface area contributed by atoms with Crippen molar-refractivity contribution in [2.24, 2.45) is 7.05 Å². The molecule has 0 radical (unpaired) electrons. The molecule has 5 rings (SSSR count). The van der Waals surface area contributed by atoms with Gasteiger partial charge >= 0.3 is 0 Å². The van der Waals surface area contributed by atoms with Gasteiger partial charge in [-0.05, 0) is 61.9 Å². The number of likely N-dealkylation sites (tertiary alicyclic amines) is 1. The first-order valence-electron chi connectivity index (χ1n) is 11.1. The maximum absolute atomic E-state index is 5.73. The molecule has 1 aromatic carbocycles. The van der Waals surface area contributed by atoms with Crippen molar-refractivity contribution in [3.63, 3.8) is 0 Å². The predicted octanol–water partition coefficient (Wildman–Crippen LogP) is 4.36. The fourth-order valence-electron chi connectivity index (χ4n) is 5.04. The van der Waals surface area contributed by atoms with Crippen molar-refractivity contribution in [3.8, 4) is 16.9 Å². The molecule has 1 saturated heterocycles. The maximum atomic E-state index is 5.73. The number of pyridine rings is 1. The van der Waals surface area contributed by atoms with Crippen LogP contribution in [0.2, 0.25) is 0 Å². The van der Waals surface area contributed by atoms with Crippen LogP contribution >= 0.6 is 0 Å². The Morgan fingerprint density at radius 3 is 2.67 bits per heavy atom. The lowest BCUT2D eigenvalue weighted by Gasteiger charge is -2.33. The third-order valence-corrected chi connectivity index (χ3v) is 6.64. The molecule has 5 heteroatoms. The van der Waals surface area contributed by atoms with E-state index in [1.165, 1.54) is 54.5 Å². The summed E-state index contributed by atoms with van der Waals surface area (Å²) in [6.07, 6.45) is 12.0. The predicted molar refractivity (Wildman–Crippen MR) is 119 cm³/mol. The molecule has 5 nitrogen and oxygen atoms in total. The second-order valence-electron chi connectivity index (χ2n) is 8.74. The molecule has 1 aliphatic carbocycles. The summed E-state index contributed by atoms with van der Waals surface area (Å²) in [5, 5.41) is 4.26. The number of hydrogen-bond donors (Lipinski definition) is 0. The average molecular weight is 403 g/mol. The Bertz CT molecular complexity index is 1020. The Labute approximate surface area is 178 Å². The lowest BCUT2D eigenvalue weighted by Crippen LogP contribution is -2.34. The SMILES string of the molecule is COc1cc2c(cc1CN1CCC[C@@H](c3ccc(-c4cnn(C)c4)cn3)C1)CCC2. The third kappa shape index (κ3) is 3.86. The number of ether oxygens (including phenoxy) is 1. The van der Waals surface area contributed by atoms with E-state index in [2.05, 4.69) is 34.3 Å². The summed E-state index contributed by atoms with van der Waals surface area (Å²) in [5.74, 6) is 1.54. The van der Waals surface area contributed by atoms with Crippen LogP contribution < -0.4 is 4.74 Å². The molecule has 0 bridgehead atoms. The summed E-state index contributed by atoms with van der Waals surface area (Å²) in [5.41, 5.74) is 7.77. The van der Waals surface area contributed by atoms with Gasteiger partial charge in [0.25, 0.3) is 0 Å². The van der Waals surface area contributed by atoms with Gasteiger partial charge in [-0.15, -0.1) is 0 Å². The molecule has 156 valence electrons. The van der Waals surface area contributed by atoms with Crippen LogP contribution in [0.1, 0.15) is 47.6 Å². The number of piperidine rings is 1. The fraction of sp³-hybridized carbons (Fsp3) is 0.440. The largest absolute Gasteiger partial charge is 0.496 e. The number of aromatic nitrogens is 3. The van der Waals surface area contributed by atoms with Gasteiger partial charge < -0.3 is 4.74 Å². The van der Waals surface area contributed by atoms with E-state index in [1.54, 1.807) is 7.11 Å². The molecule has 0 N–H and O–H groups in total. The van der Waals surface area contributed by atoms with E-state index in [1.807, 2.05) is 30.3 Å². The molecule has 0 spiro atoms. The Kier molecular flexibility index (Phi) is 5.30. The minimum absolute atomic E-state index is 0.488. The van der Waals surface area contributed by atoms with Crippen molar-refractivity contribution in [2.45, 2.75) is 44.6 Å². The summed E-state index contributed by atoms with van der Waals surface area (Å²) in [4.78, 5) is 7.40. The zero-order valence-corrected chi connectivity index (χ0v) is 18.0. The fourth-order valence-corrected chi connectivity index (χ4v) is 5.04. The molecule has 1 aliphatic heterocycles. The van der Waals surface area contributed by atoms with Crippen molar-refractivity contribution in [2.75, 3.05) is 20.2 Å². The lowest BCUT2D eigenvalue weighted by molar-refractivity contribution is 0.196. The van der Waals surface area contributed by atoms with Crippen LogP contribution in [0.4, 0.5) is 0 Å². The number of hydrogen-bond acceptors (Lipinski definition) is 4. The van der Waals surface area contributed by atoms with Gasteiger partial charge in [-0.25, -0.2) is 0 Å². The van der Waals surface area contributed by atoms with E-state index >= 15 is 0 Å². The summed E-state index contributed by atoms with van der Waals surface area (Å²) in [6.45, 7) is 3.16. The van der Waals surface area contributed by atoms with Crippen LogP contribution in [-0.4, -0.2) is 39.9 Å². The first kappa shape index (κ1) is 19.3. The topological polar surface area (TPSA) is 43.2 Å². The van der Waals surface area contributed by atoms with E-state index in [0.717, 1.165) is 36.5 Å². The lowest BCUT2D eigenvalue weighted by atomic mass is 9.93. The Balaban J connectivity index is 1.29. The first-order chi connectivity index (χ1) is 14.7. The normalized spacial score (nSPS) is 19.1. The number of benzene rings is 1. The van der Waals surface area contributed by atoms with Crippen LogP contribution in [0.3, 0.4) is 0 Å². The van der Waals surface area contributed by atoms with Crippen molar-refractivity contribution in [3.05, 3.63) is 65.2 Å². The van der Waals surface area contributed by atoms with Crippen LogP contribution in [0.15, 0.2) is 42.9 Å². The van der Waals surface area contributed by atoms with Crippen molar-refractivity contribution < 1.29 is 4.74 Å². The molecular weight excluding hydrogens is 372 g/mol. The highest BCUT2D eigenvalue weighted by Crippen LogP contribution is 2.33. The second-order valence-corrected chi connectivity index (χ2v) is 8.74. The van der Waals surface area contributed by atoms with E-state index in [0.29, 0.717) is 5.92 Å². The highest BCUT2D eigenvalue weighted by molar-refractivity contribution is 5.60. The van der Waals surface area contributed by atoms with Crippen molar-refractivity contribution in [1.82, 2.24) is 19.7 Å². The molecule has 30 heavy (non-hydrogen) atoms. The molecule has 2 aliphatic rings. The van der Waals surface area contributed by atoms with E-state index in [9.17, 15) is 0 Å². The minimum Gasteiger partial charge on any atom is -0.496 e. The number of rotatable bonds is 5. The van der Waals surface area contributed by atoms with Gasteiger partial charge in [-0.2, -0.15) is 5.10 Å². The summed E-state index contributed by atoms with van der Waals surface area (Å²) < 4.78 is 7.56. The number of methoxy groups -OCH3 is 1. The molecule has 3 heterocycles. The molecule has 0 unspecified atom stereocenters. The van der Waals surface area contributed by atoms with E-state index < -0.39 is 0 Å². The highest BCUT2D eigenvalue weighted by Gasteiger charge is 2.24. The van der Waals surface area contributed by atoms with Gasteiger partial charge in [0.15, 0.2) is 0 Å². The number of aryl methyl sites for hydroxylation is 3. The number of fused-ring (bicyclic) bond motifs is 1. The summed E-state index contributed by atoms with van der Waals surface area (Å²) in [6, 6.07) is 9.05. The van der Waals surface area contributed by atoms with Gasteiger partial charge in [0.1, 0.15) is 5.75 Å². The minimum atomic E-state index is 0.488. The molecule has 0 saturated carbocycles. The van der Waals surface area contributed by atoms with E-state index in [4.69, 9.17) is 9.72 Å². The van der Waals surface area contributed by atoms with Crippen molar-refractivity contribution >= 4 is 0 Å². The van der Waals surface area contributed by atoms with Crippen LogP contribution in [-0.2, 0) is 26.4 Å². The quantitative estimate of drug-likeness (QED) is 0.636. The van der Waals surface area contributed by atoms with Crippen LogP contribution in [0.25, 0.3) is 11.1 Å². The standard InChI is InChI=1S/C25H30N4O/c1-28-15-23(14-27-28)20-8-9-24(26-13-20)21-7-4-10-29(16-21)17-22-11-18-5-3-6-19(18)12-25(22)30-2/h8-9,11-15,21H,3-7,10,16-17H2,1-2H3/t21-/m1/s1. The number of nitrogens with zero attached hydrogens (tertiary/aromatic N) is 4. The molecule has 1 fully saturated rings. The molecule has 3 aromatic rings. The molecule has 2 aromatic heterocycles.